The van der Waals surface area contributed by atoms with E-state index in [1.807, 2.05) is 30.3 Å². The summed E-state index contributed by atoms with van der Waals surface area (Å²) in [6.45, 7) is 0. The van der Waals surface area contributed by atoms with Crippen LogP contribution in [0.2, 0.25) is 0 Å². The Hall–Kier alpha value is -3.13. The number of hydrogen-bond donors (Lipinski definition) is 0. The minimum atomic E-state index is -0.326. The molecule has 0 saturated carbocycles. The van der Waals surface area contributed by atoms with Gasteiger partial charge in [-0.15, -0.1) is 0 Å². The molecule has 26 heavy (non-hydrogen) atoms. The van der Waals surface area contributed by atoms with E-state index in [1.165, 1.54) is 28.5 Å². The molecular formula is C24H18O2. The van der Waals surface area contributed by atoms with Gasteiger partial charge in [-0.25, -0.2) is 4.79 Å². The number of fused-ring (bicyclic) bond motifs is 5. The van der Waals surface area contributed by atoms with E-state index < -0.39 is 0 Å². The second-order valence-electron chi connectivity index (χ2n) is 6.88. The lowest BCUT2D eigenvalue weighted by atomic mass is 9.79. The fourth-order valence-electron chi connectivity index (χ4n) is 4.08. The van der Waals surface area contributed by atoms with Gasteiger partial charge in [-0.3, -0.25) is 0 Å². The summed E-state index contributed by atoms with van der Waals surface area (Å²) >= 11 is 0. The molecule has 5 rings (SSSR count). The Morgan fingerprint density at radius 2 is 1.88 bits per heavy atom. The van der Waals surface area contributed by atoms with Gasteiger partial charge in [-0.1, -0.05) is 54.6 Å². The molecule has 2 heteroatoms. The van der Waals surface area contributed by atoms with E-state index in [0.717, 1.165) is 11.8 Å². The van der Waals surface area contributed by atoms with Crippen LogP contribution in [0.5, 0.6) is 5.75 Å². The number of hydrogen-bond acceptors (Lipinski definition) is 2. The lowest BCUT2D eigenvalue weighted by Gasteiger charge is -2.25. The third-order valence-electron chi connectivity index (χ3n) is 5.36. The average Bonchev–Trinajstić information content (AvgIpc) is 3.17. The number of rotatable bonds is 2. The summed E-state index contributed by atoms with van der Waals surface area (Å²) in [7, 11) is 0. The second-order valence-corrected chi connectivity index (χ2v) is 6.88. The van der Waals surface area contributed by atoms with Gasteiger partial charge in [-0.05, 0) is 64.6 Å². The van der Waals surface area contributed by atoms with Gasteiger partial charge in [0.1, 0.15) is 5.75 Å². The van der Waals surface area contributed by atoms with Gasteiger partial charge < -0.3 is 4.74 Å². The third-order valence-corrected chi connectivity index (χ3v) is 5.36. The van der Waals surface area contributed by atoms with E-state index in [4.69, 9.17) is 4.74 Å². The Kier molecular flexibility index (Phi) is 3.49. The van der Waals surface area contributed by atoms with Crippen molar-refractivity contribution in [3.8, 4) is 5.75 Å². The van der Waals surface area contributed by atoms with E-state index in [0.29, 0.717) is 17.2 Å². The molecule has 0 bridgehead atoms. The molecule has 3 aromatic rings. The zero-order valence-electron chi connectivity index (χ0n) is 14.3. The largest absolute Gasteiger partial charge is 0.423 e. The maximum Gasteiger partial charge on any atom is 0.343 e. The summed E-state index contributed by atoms with van der Waals surface area (Å²) in [6.07, 6.45) is 8.96. The van der Waals surface area contributed by atoms with Crippen LogP contribution in [-0.2, 0) is 6.42 Å². The summed E-state index contributed by atoms with van der Waals surface area (Å²) in [5.41, 5.74) is 4.78. The van der Waals surface area contributed by atoms with Gasteiger partial charge in [-0.2, -0.15) is 0 Å². The Morgan fingerprint density at radius 1 is 1.00 bits per heavy atom. The van der Waals surface area contributed by atoms with E-state index in [9.17, 15) is 4.79 Å². The molecule has 0 aliphatic heterocycles. The van der Waals surface area contributed by atoms with Crippen molar-refractivity contribution >= 4 is 22.3 Å². The first kappa shape index (κ1) is 15.2. The molecule has 0 N–H and O–H groups in total. The molecule has 0 radical (unpaired) electrons. The Labute approximate surface area is 152 Å². The van der Waals surface area contributed by atoms with Crippen molar-refractivity contribution in [2.75, 3.05) is 0 Å². The number of carbonyl (C=O) groups is 1. The van der Waals surface area contributed by atoms with Gasteiger partial charge >= 0.3 is 5.97 Å². The molecule has 0 saturated heterocycles. The monoisotopic (exact) mass is 338 g/mol. The lowest BCUT2D eigenvalue weighted by Crippen LogP contribution is -2.10. The minimum absolute atomic E-state index is 0.326. The summed E-state index contributed by atoms with van der Waals surface area (Å²) < 4.78 is 5.56. The lowest BCUT2D eigenvalue weighted by molar-refractivity contribution is 0.0735. The highest BCUT2D eigenvalue weighted by atomic mass is 16.5. The number of allylic oxidation sites excluding steroid dienone is 4. The zero-order valence-corrected chi connectivity index (χ0v) is 14.3. The molecule has 0 aromatic heterocycles. The first-order valence-corrected chi connectivity index (χ1v) is 9.01. The standard InChI is InChI=1S/C24H18O2/c25-24(17-5-2-1-3-6-17)26-19-11-14-21-18(15-19)10-13-22-20-8-4-7-16(20)9-12-23(21)22/h1-8,10-11,13-16H,9,12H2. The van der Waals surface area contributed by atoms with Crippen molar-refractivity contribution in [3.05, 3.63) is 95.6 Å². The normalized spacial score (nSPS) is 17.5. The molecule has 3 aromatic carbocycles. The SMILES string of the molecule is O=C(Oc1ccc2c3c(ccc2c1)C1=CC=CC1CC3)c1ccccc1. The molecule has 0 fully saturated rings. The number of carbonyl (C=O) groups excluding carboxylic acids is 1. The fraction of sp³-hybridized carbons (Fsp3) is 0.125. The summed E-state index contributed by atoms with van der Waals surface area (Å²) in [5.74, 6) is 0.834. The van der Waals surface area contributed by atoms with Crippen molar-refractivity contribution in [1.82, 2.24) is 0 Å². The highest BCUT2D eigenvalue weighted by Gasteiger charge is 2.25. The van der Waals surface area contributed by atoms with Crippen LogP contribution >= 0.6 is 0 Å². The average molecular weight is 338 g/mol. The molecule has 0 amide bonds. The second kappa shape index (κ2) is 5.99. The van der Waals surface area contributed by atoms with Gasteiger partial charge in [0.25, 0.3) is 0 Å². The summed E-state index contributed by atoms with van der Waals surface area (Å²) in [6, 6.07) is 19.4. The highest BCUT2D eigenvalue weighted by molar-refractivity contribution is 5.95. The molecule has 2 aliphatic carbocycles. The van der Waals surface area contributed by atoms with Crippen LogP contribution < -0.4 is 4.74 Å². The molecule has 2 nitrogen and oxygen atoms in total. The predicted molar refractivity (Wildman–Crippen MR) is 104 cm³/mol. The number of esters is 1. The third kappa shape index (κ3) is 2.46. The maximum absolute atomic E-state index is 12.3. The molecule has 2 aliphatic rings. The predicted octanol–water partition coefficient (Wildman–Crippen LogP) is 5.57. The van der Waals surface area contributed by atoms with Crippen LogP contribution in [0.3, 0.4) is 0 Å². The topological polar surface area (TPSA) is 26.3 Å². The first-order valence-electron chi connectivity index (χ1n) is 9.01. The van der Waals surface area contributed by atoms with Crippen molar-refractivity contribution in [2.24, 2.45) is 5.92 Å². The van der Waals surface area contributed by atoms with Gasteiger partial charge in [0, 0.05) is 5.92 Å². The van der Waals surface area contributed by atoms with E-state index in [-0.39, 0.29) is 5.97 Å². The van der Waals surface area contributed by atoms with E-state index in [1.54, 1.807) is 12.1 Å². The van der Waals surface area contributed by atoms with Crippen molar-refractivity contribution in [2.45, 2.75) is 12.8 Å². The Morgan fingerprint density at radius 3 is 2.77 bits per heavy atom. The summed E-state index contributed by atoms with van der Waals surface area (Å²) in [5, 5.41) is 2.38. The zero-order chi connectivity index (χ0) is 17.5. The molecule has 0 spiro atoms. The molecular weight excluding hydrogens is 320 g/mol. The Balaban J connectivity index is 1.50. The molecule has 0 heterocycles. The molecule has 1 unspecified atom stereocenters. The highest BCUT2D eigenvalue weighted by Crippen LogP contribution is 2.42. The van der Waals surface area contributed by atoms with Crippen LogP contribution in [0.1, 0.15) is 27.9 Å². The maximum atomic E-state index is 12.3. The first-order chi connectivity index (χ1) is 12.8. The minimum Gasteiger partial charge on any atom is -0.423 e. The van der Waals surface area contributed by atoms with Crippen molar-refractivity contribution < 1.29 is 9.53 Å². The van der Waals surface area contributed by atoms with Crippen LogP contribution in [0.15, 0.2) is 78.9 Å². The fourth-order valence-corrected chi connectivity index (χ4v) is 4.08. The van der Waals surface area contributed by atoms with Gasteiger partial charge in [0.05, 0.1) is 5.56 Å². The number of benzene rings is 3. The molecule has 126 valence electrons. The number of ether oxygens (including phenoxy) is 1. The van der Waals surface area contributed by atoms with Gasteiger partial charge in [0.15, 0.2) is 0 Å². The van der Waals surface area contributed by atoms with Crippen molar-refractivity contribution in [3.63, 3.8) is 0 Å². The number of aryl methyl sites for hydroxylation is 1. The van der Waals surface area contributed by atoms with Crippen LogP contribution in [-0.4, -0.2) is 5.97 Å². The smallest absolute Gasteiger partial charge is 0.343 e. The van der Waals surface area contributed by atoms with E-state index >= 15 is 0 Å². The molecule has 1 atom stereocenters. The van der Waals surface area contributed by atoms with E-state index in [2.05, 4.69) is 36.4 Å². The Bertz CT molecular complexity index is 1070. The van der Waals surface area contributed by atoms with Gasteiger partial charge in [0.2, 0.25) is 0 Å². The van der Waals surface area contributed by atoms with Crippen LogP contribution in [0, 0.1) is 5.92 Å². The summed E-state index contributed by atoms with van der Waals surface area (Å²) in [4.78, 5) is 12.3. The van der Waals surface area contributed by atoms with Crippen LogP contribution in [0.25, 0.3) is 16.3 Å². The quantitative estimate of drug-likeness (QED) is 0.451. The van der Waals surface area contributed by atoms with Crippen LogP contribution in [0.4, 0.5) is 0 Å². The van der Waals surface area contributed by atoms with Crippen molar-refractivity contribution in [1.29, 1.82) is 0 Å².